The summed E-state index contributed by atoms with van der Waals surface area (Å²) in [6, 6.07) is 7.28. The van der Waals surface area contributed by atoms with Crippen molar-refractivity contribution in [3.05, 3.63) is 41.0 Å². The van der Waals surface area contributed by atoms with Gasteiger partial charge in [-0.2, -0.15) is 0 Å². The van der Waals surface area contributed by atoms with Gasteiger partial charge in [-0.15, -0.1) is 5.10 Å². The maximum Gasteiger partial charge on any atom is 0.242 e. The van der Waals surface area contributed by atoms with E-state index in [9.17, 15) is 9.59 Å². The third-order valence-corrected chi connectivity index (χ3v) is 2.95. The summed E-state index contributed by atoms with van der Waals surface area (Å²) < 4.78 is 1.34. The Balaban J connectivity index is 1.86. The Kier molecular flexibility index (Phi) is 4.89. The molecule has 0 spiro atoms. The van der Waals surface area contributed by atoms with Crippen molar-refractivity contribution in [1.82, 2.24) is 20.3 Å². The van der Waals surface area contributed by atoms with Gasteiger partial charge in [0.15, 0.2) is 5.82 Å². The summed E-state index contributed by atoms with van der Waals surface area (Å²) in [5.74, 6) is -0.166. The molecule has 2 N–H and O–H groups in total. The number of carbonyl (C=O) groups excluding carboxylic acids is 2. The molecule has 21 heavy (non-hydrogen) atoms. The average molecular weight is 308 g/mol. The second kappa shape index (κ2) is 6.85. The molecular formula is C13H14ClN5O2. The second-order valence-corrected chi connectivity index (χ2v) is 4.76. The van der Waals surface area contributed by atoms with Crippen LogP contribution in [-0.2, 0) is 22.7 Å². The first kappa shape index (κ1) is 15.0. The lowest BCUT2D eigenvalue weighted by Crippen LogP contribution is -2.27. The zero-order valence-corrected chi connectivity index (χ0v) is 12.1. The van der Waals surface area contributed by atoms with Gasteiger partial charge in [0.1, 0.15) is 6.54 Å². The molecule has 0 unspecified atom stereocenters. The number of anilines is 1. The van der Waals surface area contributed by atoms with E-state index in [1.807, 2.05) is 18.2 Å². The van der Waals surface area contributed by atoms with E-state index >= 15 is 0 Å². The molecule has 0 bridgehead atoms. The van der Waals surface area contributed by atoms with Gasteiger partial charge in [-0.25, -0.2) is 4.68 Å². The van der Waals surface area contributed by atoms with Crippen LogP contribution in [0.4, 0.5) is 5.82 Å². The minimum Gasteiger partial charge on any atom is -0.350 e. The number of rotatable bonds is 5. The molecule has 0 aliphatic carbocycles. The van der Waals surface area contributed by atoms with E-state index in [4.69, 9.17) is 11.6 Å². The number of halogens is 1. The topological polar surface area (TPSA) is 88.9 Å². The summed E-state index contributed by atoms with van der Waals surface area (Å²) in [6.45, 7) is 1.72. The zero-order chi connectivity index (χ0) is 15.2. The molecule has 110 valence electrons. The van der Waals surface area contributed by atoms with Gasteiger partial charge in [0.2, 0.25) is 11.8 Å². The fraction of sp³-hybridized carbons (Fsp3) is 0.231. The molecule has 7 nitrogen and oxygen atoms in total. The summed E-state index contributed by atoms with van der Waals surface area (Å²) in [7, 11) is 0. The maximum absolute atomic E-state index is 11.8. The van der Waals surface area contributed by atoms with E-state index in [2.05, 4.69) is 20.9 Å². The van der Waals surface area contributed by atoms with Gasteiger partial charge >= 0.3 is 0 Å². The van der Waals surface area contributed by atoms with Crippen LogP contribution < -0.4 is 10.6 Å². The lowest BCUT2D eigenvalue weighted by atomic mass is 10.2. The predicted molar refractivity (Wildman–Crippen MR) is 77.6 cm³/mol. The van der Waals surface area contributed by atoms with Crippen LogP contribution in [0, 0.1) is 0 Å². The molecule has 2 aromatic rings. The Morgan fingerprint density at radius 2 is 2.10 bits per heavy atom. The molecule has 1 aromatic carbocycles. The molecular weight excluding hydrogens is 294 g/mol. The van der Waals surface area contributed by atoms with Gasteiger partial charge in [-0.1, -0.05) is 35.0 Å². The third kappa shape index (κ3) is 4.57. The summed E-state index contributed by atoms with van der Waals surface area (Å²) in [5, 5.41) is 13.3. The van der Waals surface area contributed by atoms with Crippen LogP contribution in [0.3, 0.4) is 0 Å². The Hall–Kier alpha value is -2.41. The summed E-state index contributed by atoms with van der Waals surface area (Å²) in [4.78, 5) is 22.7. The van der Waals surface area contributed by atoms with Crippen LogP contribution in [0.5, 0.6) is 0 Å². The van der Waals surface area contributed by atoms with Gasteiger partial charge in [0.05, 0.1) is 6.20 Å². The van der Waals surface area contributed by atoms with E-state index in [-0.39, 0.29) is 18.4 Å². The molecule has 0 atom stereocenters. The normalized spacial score (nSPS) is 10.2. The smallest absolute Gasteiger partial charge is 0.242 e. The number of benzene rings is 1. The Labute approximate surface area is 126 Å². The van der Waals surface area contributed by atoms with Crippen molar-refractivity contribution < 1.29 is 9.59 Å². The van der Waals surface area contributed by atoms with Crippen molar-refractivity contribution in [3.63, 3.8) is 0 Å². The SMILES string of the molecule is CC(=O)Nc1cn(CC(=O)NCc2ccccc2Cl)nn1. The molecule has 0 radical (unpaired) electrons. The first-order valence-corrected chi connectivity index (χ1v) is 6.60. The standard InChI is InChI=1S/C13H14ClN5O2/c1-9(20)16-12-7-19(18-17-12)8-13(21)15-6-10-4-2-3-5-11(10)14/h2-5,7H,6,8H2,1H3,(H,15,21)(H,16,20). The molecule has 0 saturated heterocycles. The van der Waals surface area contributed by atoms with Crippen molar-refractivity contribution in [2.24, 2.45) is 0 Å². The summed E-state index contributed by atoms with van der Waals surface area (Å²) >= 11 is 6.00. The average Bonchev–Trinajstić information content (AvgIpc) is 2.84. The number of nitrogens with one attached hydrogen (secondary N) is 2. The van der Waals surface area contributed by atoms with Crippen molar-refractivity contribution in [2.45, 2.75) is 20.0 Å². The van der Waals surface area contributed by atoms with Gasteiger partial charge in [0.25, 0.3) is 0 Å². The van der Waals surface area contributed by atoms with Crippen LogP contribution in [0.1, 0.15) is 12.5 Å². The molecule has 1 heterocycles. The number of amides is 2. The fourth-order valence-electron chi connectivity index (χ4n) is 1.65. The molecule has 0 saturated carbocycles. The highest BCUT2D eigenvalue weighted by Gasteiger charge is 2.07. The monoisotopic (exact) mass is 307 g/mol. The third-order valence-electron chi connectivity index (χ3n) is 2.58. The van der Waals surface area contributed by atoms with Gasteiger partial charge < -0.3 is 10.6 Å². The van der Waals surface area contributed by atoms with E-state index < -0.39 is 0 Å². The fourth-order valence-corrected chi connectivity index (χ4v) is 1.85. The van der Waals surface area contributed by atoms with Crippen LogP contribution >= 0.6 is 11.6 Å². The van der Waals surface area contributed by atoms with Gasteiger partial charge in [0, 0.05) is 18.5 Å². The minimum absolute atomic E-state index is 0.0109. The number of carbonyl (C=O) groups is 2. The van der Waals surface area contributed by atoms with Crippen LogP contribution in [0.2, 0.25) is 5.02 Å². The Morgan fingerprint density at radius 1 is 1.33 bits per heavy atom. The molecule has 0 aliphatic rings. The largest absolute Gasteiger partial charge is 0.350 e. The quantitative estimate of drug-likeness (QED) is 0.869. The van der Waals surface area contributed by atoms with Crippen LogP contribution in [0.25, 0.3) is 0 Å². The van der Waals surface area contributed by atoms with E-state index in [1.54, 1.807) is 6.07 Å². The van der Waals surface area contributed by atoms with Crippen molar-refractivity contribution in [3.8, 4) is 0 Å². The molecule has 2 rings (SSSR count). The van der Waals surface area contributed by atoms with Crippen LogP contribution in [-0.4, -0.2) is 26.8 Å². The van der Waals surface area contributed by atoms with Crippen LogP contribution in [0.15, 0.2) is 30.5 Å². The highest BCUT2D eigenvalue weighted by molar-refractivity contribution is 6.31. The molecule has 2 amide bonds. The first-order chi connectivity index (χ1) is 10.0. The Bertz CT molecular complexity index is 656. The lowest BCUT2D eigenvalue weighted by molar-refractivity contribution is -0.122. The van der Waals surface area contributed by atoms with Crippen molar-refractivity contribution in [2.75, 3.05) is 5.32 Å². The number of nitrogens with zero attached hydrogens (tertiary/aromatic N) is 3. The second-order valence-electron chi connectivity index (χ2n) is 4.35. The number of aromatic nitrogens is 3. The maximum atomic E-state index is 11.8. The highest BCUT2D eigenvalue weighted by atomic mass is 35.5. The summed E-state index contributed by atoms with van der Waals surface area (Å²) in [6.07, 6.45) is 1.48. The van der Waals surface area contributed by atoms with Crippen molar-refractivity contribution in [1.29, 1.82) is 0 Å². The van der Waals surface area contributed by atoms with E-state index in [1.165, 1.54) is 17.8 Å². The van der Waals surface area contributed by atoms with Crippen molar-refractivity contribution >= 4 is 29.2 Å². The van der Waals surface area contributed by atoms with E-state index in [0.29, 0.717) is 17.4 Å². The van der Waals surface area contributed by atoms with Gasteiger partial charge in [-0.3, -0.25) is 9.59 Å². The predicted octanol–water partition coefficient (Wildman–Crippen LogP) is 1.21. The molecule has 1 aromatic heterocycles. The van der Waals surface area contributed by atoms with Gasteiger partial charge in [-0.05, 0) is 11.6 Å². The van der Waals surface area contributed by atoms with E-state index in [0.717, 1.165) is 5.56 Å². The summed E-state index contributed by atoms with van der Waals surface area (Å²) in [5.41, 5.74) is 0.838. The Morgan fingerprint density at radius 3 is 2.81 bits per heavy atom. The molecule has 0 fully saturated rings. The first-order valence-electron chi connectivity index (χ1n) is 6.22. The number of hydrogen-bond donors (Lipinski definition) is 2. The zero-order valence-electron chi connectivity index (χ0n) is 11.3. The molecule has 0 aliphatic heterocycles. The number of hydrogen-bond acceptors (Lipinski definition) is 4. The lowest BCUT2D eigenvalue weighted by Gasteiger charge is -2.06. The minimum atomic E-state index is -0.245. The highest BCUT2D eigenvalue weighted by Crippen LogP contribution is 2.14. The molecule has 8 heteroatoms.